The fraction of sp³-hybridized carbons (Fsp3) is 0.833. The van der Waals surface area contributed by atoms with Crippen LogP contribution in [0, 0.1) is 0 Å². The van der Waals surface area contributed by atoms with E-state index in [-0.39, 0.29) is 6.01 Å². The van der Waals surface area contributed by atoms with Gasteiger partial charge in [0, 0.05) is 23.3 Å². The minimum Gasteiger partial charge on any atom is -0.469 e. The highest BCUT2D eigenvalue weighted by atomic mass is 32.5. The van der Waals surface area contributed by atoms with Gasteiger partial charge in [0.15, 0.2) is 0 Å². The fourth-order valence-electron chi connectivity index (χ4n) is 1.49. The zero-order chi connectivity index (χ0) is 15.6. The average molecular weight is 354 g/mol. The van der Waals surface area contributed by atoms with Gasteiger partial charge in [0.2, 0.25) is 0 Å². The highest BCUT2D eigenvalue weighted by Gasteiger charge is 2.23. The number of ether oxygens (including phenoxy) is 1. The normalized spacial score (nSPS) is 11.6. The Morgan fingerprint density at radius 1 is 1.10 bits per heavy atom. The first-order valence-corrected chi connectivity index (χ1v) is 10.5. The Hall–Kier alpha value is -0.270. The molecule has 6 nitrogen and oxygen atoms in total. The molecule has 0 N–H and O–H groups in total. The molecule has 0 aliphatic carbocycles. The molecule has 0 amide bonds. The summed E-state index contributed by atoms with van der Waals surface area (Å²) in [5.41, 5.74) is 0. The molecule has 1 aromatic heterocycles. The lowest BCUT2D eigenvalue weighted by molar-refractivity contribution is 0.214. The molecule has 0 aliphatic rings. The molecule has 0 unspecified atom stereocenters. The lowest BCUT2D eigenvalue weighted by atomic mass is 10.2. The number of unbranched alkanes of at least 4 members (excludes halogenated alkanes) is 3. The van der Waals surface area contributed by atoms with E-state index in [0.717, 1.165) is 24.4 Å². The van der Waals surface area contributed by atoms with Crippen LogP contribution in [0.25, 0.3) is 0 Å². The average Bonchev–Trinajstić information content (AvgIpc) is 2.86. The van der Waals surface area contributed by atoms with Crippen molar-refractivity contribution in [1.29, 1.82) is 0 Å². The van der Waals surface area contributed by atoms with E-state index < -0.39 is 6.72 Å². The molecule has 0 radical (unpaired) electrons. The highest BCUT2D eigenvalue weighted by molar-refractivity contribution is 8.07. The van der Waals surface area contributed by atoms with Gasteiger partial charge in [-0.25, -0.2) is 0 Å². The number of nitrogens with zero attached hydrogens (tertiary/aromatic N) is 2. The van der Waals surface area contributed by atoms with E-state index in [1.807, 2.05) is 13.8 Å². The van der Waals surface area contributed by atoms with E-state index in [1.54, 1.807) is 0 Å². The Bertz CT molecular complexity index is 435. The maximum atomic E-state index is 5.53. The number of rotatable bonds is 12. The van der Waals surface area contributed by atoms with Crippen molar-refractivity contribution >= 4 is 30.1 Å². The summed E-state index contributed by atoms with van der Waals surface area (Å²) in [5, 5.41) is 0.482. The van der Waals surface area contributed by atoms with E-state index in [4.69, 9.17) is 30.1 Å². The Morgan fingerprint density at radius 2 is 1.81 bits per heavy atom. The highest BCUT2D eigenvalue weighted by Crippen LogP contribution is 2.49. The van der Waals surface area contributed by atoms with E-state index in [2.05, 4.69) is 16.3 Å². The van der Waals surface area contributed by atoms with Gasteiger partial charge in [-0.05, 0) is 20.3 Å². The van der Waals surface area contributed by atoms with E-state index >= 15 is 0 Å². The van der Waals surface area contributed by atoms with Gasteiger partial charge in [-0.1, -0.05) is 26.2 Å². The van der Waals surface area contributed by atoms with Gasteiger partial charge in [-0.15, -0.1) is 9.36 Å². The van der Waals surface area contributed by atoms with Crippen LogP contribution in [-0.4, -0.2) is 29.2 Å². The van der Waals surface area contributed by atoms with Crippen LogP contribution >= 0.6 is 18.3 Å². The fourth-order valence-corrected chi connectivity index (χ4v) is 3.96. The largest absolute Gasteiger partial charge is 0.469 e. The molecule has 0 spiro atoms. The van der Waals surface area contributed by atoms with Crippen LogP contribution in [0.5, 0.6) is 11.2 Å². The van der Waals surface area contributed by atoms with Gasteiger partial charge in [-0.3, -0.25) is 9.05 Å². The lowest BCUT2D eigenvalue weighted by Crippen LogP contribution is -2.03. The summed E-state index contributed by atoms with van der Waals surface area (Å²) in [6.07, 6.45) is 4.60. The lowest BCUT2D eigenvalue weighted by Gasteiger charge is -2.18. The third-order valence-electron chi connectivity index (χ3n) is 2.38. The zero-order valence-electron chi connectivity index (χ0n) is 12.7. The summed E-state index contributed by atoms with van der Waals surface area (Å²) in [7, 11) is 0. The van der Waals surface area contributed by atoms with Crippen molar-refractivity contribution in [2.24, 2.45) is 0 Å². The van der Waals surface area contributed by atoms with Crippen LogP contribution in [0.2, 0.25) is 0 Å². The quantitative estimate of drug-likeness (QED) is 0.412. The third kappa shape index (κ3) is 7.51. The van der Waals surface area contributed by atoms with Crippen LogP contribution in [0.3, 0.4) is 0 Å². The molecule has 1 rings (SSSR count). The molecule has 0 aromatic carbocycles. The van der Waals surface area contributed by atoms with E-state index in [0.29, 0.717) is 25.0 Å². The molecule has 0 atom stereocenters. The minimum atomic E-state index is -2.81. The first kappa shape index (κ1) is 18.8. The predicted molar refractivity (Wildman–Crippen MR) is 87.7 cm³/mol. The van der Waals surface area contributed by atoms with Crippen LogP contribution < -0.4 is 9.26 Å². The molecular formula is C12H23N2O4PS2. The molecule has 9 heteroatoms. The molecule has 122 valence electrons. The maximum Gasteiger partial charge on any atom is 0.382 e. The molecule has 0 bridgehead atoms. The molecule has 1 heterocycles. The van der Waals surface area contributed by atoms with Crippen molar-refractivity contribution in [3.8, 4) is 11.2 Å². The summed E-state index contributed by atoms with van der Waals surface area (Å²) >= 11 is 6.40. The first-order chi connectivity index (χ1) is 10.1. The second-order valence-electron chi connectivity index (χ2n) is 4.13. The Balaban J connectivity index is 2.44. The number of aromatic nitrogens is 2. The zero-order valence-corrected chi connectivity index (χ0v) is 15.3. The van der Waals surface area contributed by atoms with Crippen LogP contribution in [0.1, 0.15) is 46.5 Å². The molecule has 0 saturated heterocycles. The predicted octanol–water partition coefficient (Wildman–Crippen LogP) is 4.17. The molecular weight excluding hydrogens is 331 g/mol. The molecule has 1 aromatic rings. The second kappa shape index (κ2) is 10.5. The smallest absolute Gasteiger partial charge is 0.382 e. The molecule has 0 aliphatic heterocycles. The monoisotopic (exact) mass is 354 g/mol. The van der Waals surface area contributed by atoms with Crippen LogP contribution in [0.15, 0.2) is 0 Å². The van der Waals surface area contributed by atoms with Crippen molar-refractivity contribution in [3.05, 3.63) is 0 Å². The molecule has 0 fully saturated rings. The van der Waals surface area contributed by atoms with Gasteiger partial charge in [-0.2, -0.15) is 0 Å². The second-order valence-corrected chi connectivity index (χ2v) is 7.78. The van der Waals surface area contributed by atoms with Crippen molar-refractivity contribution in [3.63, 3.8) is 0 Å². The first-order valence-electron chi connectivity index (χ1n) is 7.18. The summed E-state index contributed by atoms with van der Waals surface area (Å²) < 4.78 is 25.8. The minimum absolute atomic E-state index is 0.161. The van der Waals surface area contributed by atoms with Crippen LogP contribution in [-0.2, 0) is 20.9 Å². The Kier molecular flexibility index (Phi) is 9.35. The van der Waals surface area contributed by atoms with Crippen LogP contribution in [0.4, 0.5) is 0 Å². The van der Waals surface area contributed by atoms with E-state index in [9.17, 15) is 0 Å². The Morgan fingerprint density at radius 3 is 2.43 bits per heavy atom. The van der Waals surface area contributed by atoms with E-state index in [1.165, 1.54) is 12.8 Å². The Labute approximate surface area is 135 Å². The summed E-state index contributed by atoms with van der Waals surface area (Å²) in [5.74, 6) is 0. The van der Waals surface area contributed by atoms with Crippen molar-refractivity contribution in [2.45, 2.75) is 46.5 Å². The third-order valence-corrected chi connectivity index (χ3v) is 5.38. The summed E-state index contributed by atoms with van der Waals surface area (Å²) in [6, 6.07) is 0.161. The van der Waals surface area contributed by atoms with Gasteiger partial charge >= 0.3 is 12.7 Å². The standard InChI is InChI=1S/C12H23N2O4PS2/c1-4-7-8-9-10-15-12-13-11(14-21-12)18-19(20,16-5-2)17-6-3/h4-10H2,1-3H3. The summed E-state index contributed by atoms with van der Waals surface area (Å²) in [4.78, 5) is 4.14. The van der Waals surface area contributed by atoms with Gasteiger partial charge in [0.1, 0.15) is 0 Å². The van der Waals surface area contributed by atoms with Gasteiger partial charge in [0.25, 0.3) is 5.19 Å². The van der Waals surface area contributed by atoms with Crippen molar-refractivity contribution in [1.82, 2.24) is 9.36 Å². The SMILES string of the molecule is CCCCCCOc1nc(OP(=S)(OCC)OCC)ns1. The topological polar surface area (TPSA) is 62.7 Å². The maximum absolute atomic E-state index is 5.53. The number of hydrogen-bond acceptors (Lipinski definition) is 8. The summed E-state index contributed by atoms with van der Waals surface area (Å²) in [6.45, 7) is 4.52. The molecule has 21 heavy (non-hydrogen) atoms. The van der Waals surface area contributed by atoms with Gasteiger partial charge in [0.05, 0.1) is 19.8 Å². The van der Waals surface area contributed by atoms with Crippen molar-refractivity contribution < 1.29 is 18.3 Å². The number of hydrogen-bond donors (Lipinski definition) is 0. The molecule has 0 saturated carbocycles. The van der Waals surface area contributed by atoms with Crippen molar-refractivity contribution in [2.75, 3.05) is 19.8 Å². The van der Waals surface area contributed by atoms with Gasteiger partial charge < -0.3 is 9.26 Å².